The molecule has 1 fully saturated rings. The minimum Gasteiger partial charge on any atom is -0.386 e. The molecular weight excluding hydrogens is 380 g/mol. The number of nitrogens with zero attached hydrogens (tertiary/aromatic N) is 8. The second-order valence-electron chi connectivity index (χ2n) is 8.02. The van der Waals surface area contributed by atoms with E-state index in [1.807, 2.05) is 18.7 Å². The Morgan fingerprint density at radius 2 is 1.89 bits per heavy atom. The molecule has 0 bridgehead atoms. The Labute approximate surface area is 169 Å². The predicted octanol–water partition coefficient (Wildman–Crippen LogP) is 1.89. The molecule has 4 rings (SSSR count). The van der Waals surface area contributed by atoms with Crippen LogP contribution in [0.1, 0.15) is 57.3 Å². The standard InChI is InChI=1S/C18H27ClN8O/c1-12-26(19)11-13(18(2,3)28)16-20-14(22-27(12)16)7-8-15-21-17(23-24(15)4)25-9-5-6-10-25/h11-12,28H,5-10H2,1-4H3. The lowest BCUT2D eigenvalue weighted by Gasteiger charge is -2.31. The van der Waals surface area contributed by atoms with Crippen LogP contribution in [0.3, 0.4) is 0 Å². The molecule has 0 spiro atoms. The Hall–Kier alpha value is -2.13. The fraction of sp³-hybridized carbons (Fsp3) is 0.667. The highest BCUT2D eigenvalue weighted by atomic mass is 35.5. The number of anilines is 1. The fourth-order valence-corrected chi connectivity index (χ4v) is 3.82. The van der Waals surface area contributed by atoms with Crippen LogP contribution in [0.15, 0.2) is 6.20 Å². The zero-order valence-electron chi connectivity index (χ0n) is 16.8. The van der Waals surface area contributed by atoms with E-state index in [0.29, 0.717) is 30.1 Å². The van der Waals surface area contributed by atoms with Gasteiger partial charge < -0.3 is 10.0 Å². The third-order valence-corrected chi connectivity index (χ3v) is 5.72. The highest BCUT2D eigenvalue weighted by Gasteiger charge is 2.33. The van der Waals surface area contributed by atoms with Crippen molar-refractivity contribution in [2.45, 2.75) is 58.2 Å². The average molecular weight is 407 g/mol. The van der Waals surface area contributed by atoms with E-state index in [2.05, 4.69) is 20.1 Å². The maximum absolute atomic E-state index is 10.5. The van der Waals surface area contributed by atoms with E-state index in [4.69, 9.17) is 16.8 Å². The number of aromatic nitrogens is 6. The summed E-state index contributed by atoms with van der Waals surface area (Å²) in [5.74, 6) is 3.09. The molecule has 4 heterocycles. The molecule has 2 aliphatic heterocycles. The van der Waals surface area contributed by atoms with Crippen molar-refractivity contribution in [3.05, 3.63) is 23.7 Å². The number of aliphatic hydroxyl groups is 1. The predicted molar refractivity (Wildman–Crippen MR) is 107 cm³/mol. The number of hydrogen-bond donors (Lipinski definition) is 1. The molecule has 0 amide bonds. The van der Waals surface area contributed by atoms with Crippen molar-refractivity contribution in [2.24, 2.45) is 7.05 Å². The number of aryl methyl sites for hydroxylation is 3. The van der Waals surface area contributed by atoms with Crippen molar-refractivity contribution in [1.29, 1.82) is 0 Å². The highest BCUT2D eigenvalue weighted by molar-refractivity contribution is 6.14. The van der Waals surface area contributed by atoms with Crippen molar-refractivity contribution in [3.63, 3.8) is 0 Å². The fourth-order valence-electron chi connectivity index (χ4n) is 3.64. The van der Waals surface area contributed by atoms with Crippen LogP contribution in [0, 0.1) is 0 Å². The first-order valence-corrected chi connectivity index (χ1v) is 10.1. The van der Waals surface area contributed by atoms with Crippen LogP contribution >= 0.6 is 11.8 Å². The first-order chi connectivity index (χ1) is 13.2. The number of halogens is 1. The van der Waals surface area contributed by atoms with Gasteiger partial charge in [-0.15, -0.1) is 5.10 Å². The zero-order valence-corrected chi connectivity index (χ0v) is 17.6. The maximum atomic E-state index is 10.5. The van der Waals surface area contributed by atoms with Crippen LogP contribution in [0.25, 0.3) is 5.57 Å². The topological polar surface area (TPSA) is 88.1 Å². The summed E-state index contributed by atoms with van der Waals surface area (Å²) in [4.78, 5) is 11.6. The van der Waals surface area contributed by atoms with Gasteiger partial charge in [0.1, 0.15) is 12.0 Å². The summed E-state index contributed by atoms with van der Waals surface area (Å²) in [5.41, 5.74) is -0.418. The lowest BCUT2D eigenvalue weighted by atomic mass is 9.97. The third kappa shape index (κ3) is 3.48. The molecule has 1 unspecified atom stereocenters. The van der Waals surface area contributed by atoms with E-state index in [-0.39, 0.29) is 6.17 Å². The molecule has 152 valence electrons. The van der Waals surface area contributed by atoms with Gasteiger partial charge in [0.2, 0.25) is 5.95 Å². The average Bonchev–Trinajstić information content (AvgIpc) is 3.34. The number of hydrogen-bond acceptors (Lipinski definition) is 7. The van der Waals surface area contributed by atoms with Gasteiger partial charge in [-0.25, -0.2) is 9.67 Å². The third-order valence-electron chi connectivity index (χ3n) is 5.34. The van der Waals surface area contributed by atoms with Gasteiger partial charge >= 0.3 is 0 Å². The molecule has 28 heavy (non-hydrogen) atoms. The van der Waals surface area contributed by atoms with E-state index >= 15 is 0 Å². The molecule has 2 aromatic rings. The second kappa shape index (κ2) is 7.04. The zero-order chi connectivity index (χ0) is 20.1. The first-order valence-electron chi connectivity index (χ1n) is 9.73. The Morgan fingerprint density at radius 3 is 2.57 bits per heavy atom. The molecule has 2 aliphatic rings. The normalized spacial score (nSPS) is 19.9. The quantitative estimate of drug-likeness (QED) is 0.758. The molecular formula is C18H27ClN8O. The van der Waals surface area contributed by atoms with Crippen molar-refractivity contribution in [2.75, 3.05) is 18.0 Å². The lowest BCUT2D eigenvalue weighted by Crippen LogP contribution is -2.32. The van der Waals surface area contributed by atoms with E-state index in [1.165, 1.54) is 17.3 Å². The van der Waals surface area contributed by atoms with Crippen LogP contribution in [0.2, 0.25) is 0 Å². The minimum absolute atomic E-state index is 0.180. The second-order valence-corrected chi connectivity index (χ2v) is 8.41. The lowest BCUT2D eigenvalue weighted by molar-refractivity contribution is 0.138. The van der Waals surface area contributed by atoms with Gasteiger partial charge in [0, 0.05) is 56.5 Å². The molecule has 1 N–H and O–H groups in total. The van der Waals surface area contributed by atoms with Crippen LogP contribution < -0.4 is 4.90 Å². The number of rotatable bonds is 5. The molecule has 0 radical (unpaired) electrons. The molecule has 1 saturated heterocycles. The Bertz CT molecular complexity index is 890. The van der Waals surface area contributed by atoms with Crippen molar-refractivity contribution in [1.82, 2.24) is 33.9 Å². The summed E-state index contributed by atoms with van der Waals surface area (Å²) < 4.78 is 5.13. The summed E-state index contributed by atoms with van der Waals surface area (Å²) >= 11 is 6.29. The van der Waals surface area contributed by atoms with Gasteiger partial charge in [-0.2, -0.15) is 10.1 Å². The Morgan fingerprint density at radius 1 is 1.18 bits per heavy atom. The van der Waals surface area contributed by atoms with E-state index in [1.54, 1.807) is 24.7 Å². The van der Waals surface area contributed by atoms with Gasteiger partial charge in [0.15, 0.2) is 11.6 Å². The molecule has 1 atom stereocenters. The molecule has 2 aromatic heterocycles. The molecule has 0 aliphatic carbocycles. The van der Waals surface area contributed by atoms with Crippen LogP contribution in [-0.4, -0.2) is 57.7 Å². The van der Waals surface area contributed by atoms with Crippen molar-refractivity contribution in [3.8, 4) is 0 Å². The van der Waals surface area contributed by atoms with E-state index in [9.17, 15) is 5.11 Å². The SMILES string of the molecule is CC1N(Cl)C=C(C(C)(C)O)c2nc(CCc3nc(N4CCCC4)nn3C)nn21. The van der Waals surface area contributed by atoms with Crippen LogP contribution in [-0.2, 0) is 19.9 Å². The molecule has 0 aromatic carbocycles. The first kappa shape index (κ1) is 19.2. The number of fused-ring (bicyclic) bond motifs is 1. The van der Waals surface area contributed by atoms with Crippen LogP contribution in [0.5, 0.6) is 0 Å². The molecule has 10 heteroatoms. The summed E-state index contributed by atoms with van der Waals surface area (Å²) in [5, 5.41) is 19.7. The van der Waals surface area contributed by atoms with Crippen molar-refractivity contribution < 1.29 is 5.11 Å². The highest BCUT2D eigenvalue weighted by Crippen LogP contribution is 2.34. The largest absolute Gasteiger partial charge is 0.386 e. The minimum atomic E-state index is -1.07. The van der Waals surface area contributed by atoms with E-state index < -0.39 is 5.60 Å². The van der Waals surface area contributed by atoms with Gasteiger partial charge in [0.25, 0.3) is 0 Å². The van der Waals surface area contributed by atoms with E-state index in [0.717, 1.165) is 24.9 Å². The molecule has 0 saturated carbocycles. The maximum Gasteiger partial charge on any atom is 0.244 e. The molecule has 9 nitrogen and oxygen atoms in total. The Kier molecular flexibility index (Phi) is 4.83. The summed E-state index contributed by atoms with van der Waals surface area (Å²) in [7, 11) is 1.93. The summed E-state index contributed by atoms with van der Waals surface area (Å²) in [6, 6.07) is 0. The van der Waals surface area contributed by atoms with Gasteiger partial charge in [0.05, 0.1) is 5.60 Å². The monoisotopic (exact) mass is 406 g/mol. The van der Waals surface area contributed by atoms with Gasteiger partial charge in [-0.1, -0.05) is 0 Å². The van der Waals surface area contributed by atoms with Crippen LogP contribution in [0.4, 0.5) is 5.95 Å². The summed E-state index contributed by atoms with van der Waals surface area (Å²) in [6.45, 7) is 7.43. The smallest absolute Gasteiger partial charge is 0.244 e. The summed E-state index contributed by atoms with van der Waals surface area (Å²) in [6.07, 6.45) is 5.28. The Balaban J connectivity index is 1.53. The van der Waals surface area contributed by atoms with Gasteiger partial charge in [-0.05, 0) is 33.6 Å². The van der Waals surface area contributed by atoms with Gasteiger partial charge in [-0.3, -0.25) is 9.10 Å². The van der Waals surface area contributed by atoms with Crippen molar-refractivity contribution >= 4 is 23.3 Å².